The van der Waals surface area contributed by atoms with Crippen LogP contribution in [0, 0.1) is 0 Å². The second kappa shape index (κ2) is 22.4. The maximum absolute atomic E-state index is 6.50. The monoisotopic (exact) mass is 678 g/mol. The molecule has 0 amide bonds. The molecule has 7 nitrogen and oxygen atoms in total. The number of ether oxygens (including phenoxy) is 3. The highest BCUT2D eigenvalue weighted by Gasteiger charge is 2.17. The van der Waals surface area contributed by atoms with Crippen molar-refractivity contribution in [1.82, 2.24) is 9.80 Å². The van der Waals surface area contributed by atoms with Crippen LogP contribution in [-0.4, -0.2) is 89.2 Å². The zero-order valence-corrected chi connectivity index (χ0v) is 31.1. The predicted octanol–water partition coefficient (Wildman–Crippen LogP) is 9.17. The van der Waals surface area contributed by atoms with E-state index in [9.17, 15) is 0 Å². The van der Waals surface area contributed by atoms with Crippen molar-refractivity contribution in [1.29, 1.82) is 0 Å². The van der Waals surface area contributed by atoms with Crippen molar-refractivity contribution in [2.45, 2.75) is 66.2 Å². The van der Waals surface area contributed by atoms with E-state index in [1.54, 1.807) is 0 Å². The van der Waals surface area contributed by atoms with E-state index >= 15 is 0 Å². The number of hydrogen-bond acceptors (Lipinski definition) is 7. The van der Waals surface area contributed by atoms with Gasteiger partial charge in [0.25, 0.3) is 0 Å². The third kappa shape index (κ3) is 14.1. The number of anilines is 1. The molecule has 0 aliphatic heterocycles. The van der Waals surface area contributed by atoms with Crippen LogP contribution in [0.25, 0.3) is 0 Å². The molecule has 0 fully saturated rings. The lowest BCUT2D eigenvalue weighted by Crippen LogP contribution is -2.25. The predicted molar refractivity (Wildman–Crippen MR) is 205 cm³/mol. The highest BCUT2D eigenvalue weighted by Crippen LogP contribution is 2.42. The third-order valence-electron chi connectivity index (χ3n) is 8.49. The summed E-state index contributed by atoms with van der Waals surface area (Å²) in [6.45, 7) is 16.7. The molecule has 0 bridgehead atoms. The average molecular weight is 679 g/mol. The van der Waals surface area contributed by atoms with E-state index in [1.807, 2.05) is 60.8 Å². The van der Waals surface area contributed by atoms with E-state index in [0.29, 0.717) is 19.8 Å². The number of aliphatic imine (C=N–C) groups is 1. The Labute approximate surface area is 295 Å². The van der Waals surface area contributed by atoms with Crippen molar-refractivity contribution < 1.29 is 14.2 Å². The summed E-state index contributed by atoms with van der Waals surface area (Å²) in [5.74, 6) is 2.40. The molecule has 8 heteroatoms. The molecular weight excluding hydrogens is 620 g/mol. The molecule has 0 spiro atoms. The first-order valence-corrected chi connectivity index (χ1v) is 18.3. The summed E-state index contributed by atoms with van der Waals surface area (Å²) < 4.78 is 18.9. The van der Waals surface area contributed by atoms with Crippen molar-refractivity contribution >= 4 is 29.2 Å². The highest BCUT2D eigenvalue weighted by atomic mass is 35.5. The molecule has 0 atom stereocenters. The van der Waals surface area contributed by atoms with Gasteiger partial charge in [0.2, 0.25) is 0 Å². The fraction of sp³-hybridized carbons (Fsp3) is 0.525. The van der Waals surface area contributed by atoms with Crippen LogP contribution in [0.2, 0.25) is 5.02 Å². The standard InChI is InChI=1S/C40H59ClN4O3/c1-7-11-23-43(5)26-29-48-39-31-37(46-27-13-25-45(9-3)10-4)30-38(44(6)24-12-8-2)40(39)42-32-34-16-20-36(21-17-34)47-28-22-33-14-18-35(41)19-15-33/h14-21,30-32H,7-13,22-29H2,1-6H3. The largest absolute Gasteiger partial charge is 0.493 e. The average Bonchev–Trinajstić information content (AvgIpc) is 3.10. The number of hydrogen-bond donors (Lipinski definition) is 0. The lowest BCUT2D eigenvalue weighted by atomic mass is 10.2. The Morgan fingerprint density at radius 2 is 1.38 bits per heavy atom. The van der Waals surface area contributed by atoms with Gasteiger partial charge in [0, 0.05) is 56.5 Å². The normalized spacial score (nSPS) is 11.5. The zero-order chi connectivity index (χ0) is 34.6. The Hall–Kier alpha value is -3.26. The SMILES string of the molecule is CCCCN(C)CCOc1cc(OCCCN(CC)CC)cc(N(C)CCCC)c1N=Cc1ccc(OCCc2ccc(Cl)cc2)cc1. The number of unbranched alkanes of at least 4 members (excludes halogenated alkanes) is 2. The van der Waals surface area contributed by atoms with Crippen LogP contribution in [0.15, 0.2) is 65.7 Å². The topological polar surface area (TPSA) is 49.8 Å². The number of nitrogens with zero attached hydrogens (tertiary/aromatic N) is 4. The molecule has 3 aromatic carbocycles. The molecule has 0 heterocycles. The summed E-state index contributed by atoms with van der Waals surface area (Å²) in [6, 6.07) is 20.1. The molecular formula is C40H59ClN4O3. The van der Waals surface area contributed by atoms with Gasteiger partial charge < -0.3 is 28.9 Å². The van der Waals surface area contributed by atoms with Crippen molar-refractivity contribution in [2.75, 3.05) is 78.1 Å². The van der Waals surface area contributed by atoms with E-state index in [4.69, 9.17) is 30.8 Å². The molecule has 0 radical (unpaired) electrons. The summed E-state index contributed by atoms with van der Waals surface area (Å²) in [5.41, 5.74) is 4.02. The van der Waals surface area contributed by atoms with E-state index in [-0.39, 0.29) is 0 Å². The van der Waals surface area contributed by atoms with E-state index < -0.39 is 0 Å². The lowest BCUT2D eigenvalue weighted by Gasteiger charge is -2.24. The Kier molecular flexibility index (Phi) is 18.3. The quantitative estimate of drug-likeness (QED) is 0.0696. The molecule has 3 rings (SSSR count). The van der Waals surface area contributed by atoms with Gasteiger partial charge in [-0.1, -0.05) is 64.3 Å². The third-order valence-corrected chi connectivity index (χ3v) is 8.74. The number of likely N-dealkylation sites (N-methyl/N-ethyl adjacent to an activating group) is 1. The molecule has 0 saturated carbocycles. The smallest absolute Gasteiger partial charge is 0.150 e. The fourth-order valence-corrected chi connectivity index (χ4v) is 5.42. The second-order valence-corrected chi connectivity index (χ2v) is 12.8. The van der Waals surface area contributed by atoms with Gasteiger partial charge in [0.1, 0.15) is 23.8 Å². The van der Waals surface area contributed by atoms with E-state index in [0.717, 1.165) is 104 Å². The van der Waals surface area contributed by atoms with Crippen molar-refractivity contribution in [2.24, 2.45) is 4.99 Å². The number of rotatable bonds is 24. The summed E-state index contributed by atoms with van der Waals surface area (Å²) >= 11 is 6.01. The first kappa shape index (κ1) is 39.2. The molecule has 0 saturated heterocycles. The zero-order valence-electron chi connectivity index (χ0n) is 30.3. The molecule has 0 aliphatic rings. The molecule has 0 aromatic heterocycles. The van der Waals surface area contributed by atoms with Crippen LogP contribution in [0.4, 0.5) is 11.4 Å². The van der Waals surface area contributed by atoms with Gasteiger partial charge in [-0.2, -0.15) is 0 Å². The van der Waals surface area contributed by atoms with Gasteiger partial charge in [-0.15, -0.1) is 0 Å². The second-order valence-electron chi connectivity index (χ2n) is 12.4. The van der Waals surface area contributed by atoms with Crippen LogP contribution >= 0.6 is 11.6 Å². The Balaban J connectivity index is 1.80. The number of halogens is 1. The highest BCUT2D eigenvalue weighted by molar-refractivity contribution is 6.30. The van der Waals surface area contributed by atoms with E-state index in [1.165, 1.54) is 18.4 Å². The lowest BCUT2D eigenvalue weighted by molar-refractivity contribution is 0.233. The minimum absolute atomic E-state index is 0.578. The van der Waals surface area contributed by atoms with Crippen LogP contribution in [0.3, 0.4) is 0 Å². The van der Waals surface area contributed by atoms with Gasteiger partial charge in [-0.25, -0.2) is 0 Å². The van der Waals surface area contributed by atoms with Gasteiger partial charge in [0.15, 0.2) is 5.75 Å². The summed E-state index contributed by atoms with van der Waals surface area (Å²) in [7, 11) is 4.29. The summed E-state index contributed by atoms with van der Waals surface area (Å²) in [5, 5.41) is 0.746. The summed E-state index contributed by atoms with van der Waals surface area (Å²) in [6.07, 6.45) is 8.28. The minimum Gasteiger partial charge on any atom is -0.493 e. The number of benzene rings is 3. The van der Waals surface area contributed by atoms with Crippen LogP contribution in [0.5, 0.6) is 17.2 Å². The fourth-order valence-electron chi connectivity index (χ4n) is 5.29. The Morgan fingerprint density at radius 3 is 2.06 bits per heavy atom. The molecule has 48 heavy (non-hydrogen) atoms. The molecule has 0 aliphatic carbocycles. The molecule has 264 valence electrons. The van der Waals surface area contributed by atoms with Gasteiger partial charge in [0.05, 0.1) is 18.9 Å². The first-order chi connectivity index (χ1) is 23.4. The first-order valence-electron chi connectivity index (χ1n) is 17.9. The van der Waals surface area contributed by atoms with Crippen molar-refractivity contribution in [3.63, 3.8) is 0 Å². The van der Waals surface area contributed by atoms with Gasteiger partial charge >= 0.3 is 0 Å². The Bertz CT molecular complexity index is 1330. The van der Waals surface area contributed by atoms with E-state index in [2.05, 4.69) is 62.6 Å². The van der Waals surface area contributed by atoms with Gasteiger partial charge in [-0.3, -0.25) is 4.99 Å². The van der Waals surface area contributed by atoms with Crippen LogP contribution in [0.1, 0.15) is 70.9 Å². The maximum atomic E-state index is 6.50. The molecule has 0 unspecified atom stereocenters. The van der Waals surface area contributed by atoms with Gasteiger partial charge in [-0.05, 0) is 93.5 Å². The minimum atomic E-state index is 0.578. The molecule has 3 aromatic rings. The Morgan fingerprint density at radius 1 is 0.688 bits per heavy atom. The van der Waals surface area contributed by atoms with Crippen LogP contribution < -0.4 is 19.1 Å². The molecule has 0 N–H and O–H groups in total. The van der Waals surface area contributed by atoms with Crippen molar-refractivity contribution in [3.8, 4) is 17.2 Å². The maximum Gasteiger partial charge on any atom is 0.150 e. The van der Waals surface area contributed by atoms with Crippen molar-refractivity contribution in [3.05, 3.63) is 76.8 Å². The summed E-state index contributed by atoms with van der Waals surface area (Å²) in [4.78, 5) is 12.1. The van der Waals surface area contributed by atoms with Crippen LogP contribution in [-0.2, 0) is 6.42 Å².